The van der Waals surface area contributed by atoms with Gasteiger partial charge < -0.3 is 24.7 Å². The third-order valence-electron chi connectivity index (χ3n) is 6.56. The maximum absolute atomic E-state index is 14.5. The van der Waals surface area contributed by atoms with Crippen LogP contribution in [0.3, 0.4) is 0 Å². The molecule has 0 atom stereocenters. The summed E-state index contributed by atoms with van der Waals surface area (Å²) < 4.78 is 66.9. The second-order valence-corrected chi connectivity index (χ2v) is 10.5. The molecule has 2 N–H and O–H groups in total. The number of methoxy groups -OCH3 is 1. The van der Waals surface area contributed by atoms with Crippen LogP contribution in [0.5, 0.6) is 5.75 Å². The molecule has 204 valence electrons. The van der Waals surface area contributed by atoms with Gasteiger partial charge in [-0.3, -0.25) is 0 Å². The molecule has 0 unspecified atom stereocenters. The lowest BCUT2D eigenvalue weighted by Crippen LogP contribution is -2.27. The number of benzene rings is 2. The third kappa shape index (κ3) is 6.73. The summed E-state index contributed by atoms with van der Waals surface area (Å²) in [7, 11) is 1.58. The number of alkyl halides is 3. The summed E-state index contributed by atoms with van der Waals surface area (Å²) in [6.07, 6.45) is -3.02. The first kappa shape index (κ1) is 27.6. The first-order chi connectivity index (χ1) is 17.9. The van der Waals surface area contributed by atoms with Crippen LogP contribution in [0.15, 0.2) is 36.4 Å². The van der Waals surface area contributed by atoms with E-state index in [1.54, 1.807) is 13.2 Å². The highest BCUT2D eigenvalue weighted by atomic mass is 19.4. The summed E-state index contributed by atoms with van der Waals surface area (Å²) in [5.41, 5.74) is 2.56. The zero-order chi connectivity index (χ0) is 27.5. The number of hydrogen-bond donors (Lipinski definition) is 2. The Morgan fingerprint density at radius 3 is 2.45 bits per heavy atom. The lowest BCUT2D eigenvalue weighted by Gasteiger charge is -2.24. The maximum atomic E-state index is 14.5. The molecule has 0 bridgehead atoms. The molecule has 0 saturated carbocycles. The number of aromatic nitrogens is 1. The molecule has 1 aromatic heterocycles. The highest BCUT2D eigenvalue weighted by Gasteiger charge is 2.30. The quantitative estimate of drug-likeness (QED) is 0.274. The Balaban J connectivity index is 1.62. The zero-order valence-electron chi connectivity index (χ0n) is 22.1. The third-order valence-corrected chi connectivity index (χ3v) is 6.56. The minimum atomic E-state index is -4.50. The van der Waals surface area contributed by atoms with E-state index in [1.807, 2.05) is 18.2 Å². The van der Waals surface area contributed by atoms with Crippen LogP contribution in [0, 0.1) is 17.7 Å². The Kier molecular flexibility index (Phi) is 8.12. The van der Waals surface area contributed by atoms with E-state index in [4.69, 9.17) is 9.47 Å². The molecule has 2 aromatic carbocycles. The van der Waals surface area contributed by atoms with E-state index in [0.29, 0.717) is 30.0 Å². The number of nitrogens with one attached hydrogen (secondary N) is 2. The predicted molar refractivity (Wildman–Crippen MR) is 142 cm³/mol. The number of hydrogen-bond acceptors (Lipinski definition) is 4. The van der Waals surface area contributed by atoms with Crippen molar-refractivity contribution in [1.82, 2.24) is 4.57 Å². The van der Waals surface area contributed by atoms with Gasteiger partial charge in [0.15, 0.2) is 0 Å². The summed E-state index contributed by atoms with van der Waals surface area (Å²) in [5, 5.41) is 6.97. The van der Waals surface area contributed by atoms with Crippen LogP contribution in [-0.2, 0) is 16.7 Å². The first-order valence-corrected chi connectivity index (χ1v) is 12.6. The molecule has 4 rings (SSSR count). The monoisotopic (exact) mass is 531 g/mol. The summed E-state index contributed by atoms with van der Waals surface area (Å²) >= 11 is 0. The van der Waals surface area contributed by atoms with Crippen LogP contribution in [0.4, 0.5) is 28.9 Å². The van der Waals surface area contributed by atoms with Gasteiger partial charge in [0.1, 0.15) is 18.1 Å². The molecular weight excluding hydrogens is 498 g/mol. The summed E-state index contributed by atoms with van der Waals surface area (Å²) in [4.78, 5) is 0. The lowest BCUT2D eigenvalue weighted by atomic mass is 9.87. The molecule has 1 aliphatic rings. The van der Waals surface area contributed by atoms with Crippen molar-refractivity contribution in [1.29, 1.82) is 0 Å². The lowest BCUT2D eigenvalue weighted by molar-refractivity contribution is -0.140. The van der Waals surface area contributed by atoms with Crippen molar-refractivity contribution >= 4 is 22.3 Å². The summed E-state index contributed by atoms with van der Waals surface area (Å²) in [6, 6.07) is 9.95. The smallest absolute Gasteiger partial charge is 0.406 e. The van der Waals surface area contributed by atoms with E-state index in [9.17, 15) is 17.6 Å². The van der Waals surface area contributed by atoms with E-state index in [-0.39, 0.29) is 29.2 Å². The fourth-order valence-corrected chi connectivity index (χ4v) is 4.54. The average Bonchev–Trinajstić information content (AvgIpc) is 3.17. The number of ether oxygens (including phenoxy) is 2. The molecular formula is C29H33F4N3O2. The number of nitrogens with zero attached hydrogens (tertiary/aromatic N) is 1. The average molecular weight is 532 g/mol. The van der Waals surface area contributed by atoms with E-state index < -0.39 is 18.5 Å². The van der Waals surface area contributed by atoms with Crippen molar-refractivity contribution < 1.29 is 27.0 Å². The van der Waals surface area contributed by atoms with Gasteiger partial charge in [-0.25, -0.2) is 4.39 Å². The first-order valence-electron chi connectivity index (χ1n) is 12.6. The molecule has 1 fully saturated rings. The van der Waals surface area contributed by atoms with Crippen molar-refractivity contribution in [3.63, 3.8) is 0 Å². The molecule has 3 aromatic rings. The standard InChI is InChI=1S/C29H33F4N3O2/c1-28(2,3)19-7-8-24(27(14-19)37-4)34-11-5-6-22-17-23-25(35-21-9-12-38-13-10-21)15-20(30)16-26(23)36(22)18-29(31,32)33/h7-8,14-17,21,34-35H,9-13,18H2,1-4H3. The van der Waals surface area contributed by atoms with Gasteiger partial charge >= 0.3 is 6.18 Å². The summed E-state index contributed by atoms with van der Waals surface area (Å²) in [6.45, 7) is 6.40. The fourth-order valence-electron chi connectivity index (χ4n) is 4.54. The van der Waals surface area contributed by atoms with E-state index >= 15 is 0 Å². The topological polar surface area (TPSA) is 47.4 Å². The predicted octanol–water partition coefficient (Wildman–Crippen LogP) is 6.70. The molecule has 0 radical (unpaired) electrons. The summed E-state index contributed by atoms with van der Waals surface area (Å²) in [5.74, 6) is 5.82. The normalized spacial score (nSPS) is 14.7. The van der Waals surface area contributed by atoms with Gasteiger partial charge in [-0.2, -0.15) is 13.2 Å². The largest absolute Gasteiger partial charge is 0.495 e. The number of halogens is 4. The molecule has 2 heterocycles. The minimum absolute atomic E-state index is 0.0462. The Morgan fingerprint density at radius 2 is 1.79 bits per heavy atom. The SMILES string of the molecule is COc1cc(C(C)(C)C)ccc1NCC#Cc1cc2c(NC3CCOCC3)cc(F)cc2n1CC(F)(F)F. The molecule has 0 amide bonds. The molecule has 38 heavy (non-hydrogen) atoms. The van der Waals surface area contributed by atoms with Crippen LogP contribution in [0.2, 0.25) is 0 Å². The Morgan fingerprint density at radius 1 is 1.05 bits per heavy atom. The van der Waals surface area contributed by atoms with Crippen LogP contribution in [0.25, 0.3) is 10.9 Å². The van der Waals surface area contributed by atoms with Crippen LogP contribution in [-0.4, -0.2) is 43.7 Å². The Hall–Kier alpha value is -3.38. The van der Waals surface area contributed by atoms with Gasteiger partial charge in [0.05, 0.1) is 30.6 Å². The highest BCUT2D eigenvalue weighted by molar-refractivity contribution is 5.94. The molecule has 1 aliphatic heterocycles. The van der Waals surface area contributed by atoms with Gasteiger partial charge in [-0.05, 0) is 60.1 Å². The minimum Gasteiger partial charge on any atom is -0.495 e. The van der Waals surface area contributed by atoms with Crippen molar-refractivity contribution in [3.8, 4) is 17.6 Å². The van der Waals surface area contributed by atoms with Gasteiger partial charge in [0, 0.05) is 30.3 Å². The molecule has 1 saturated heterocycles. The van der Waals surface area contributed by atoms with Crippen LogP contribution < -0.4 is 15.4 Å². The molecule has 0 aliphatic carbocycles. The van der Waals surface area contributed by atoms with Gasteiger partial charge in [0.25, 0.3) is 0 Å². The van der Waals surface area contributed by atoms with Crippen molar-refractivity contribution in [2.75, 3.05) is 37.5 Å². The van der Waals surface area contributed by atoms with Crippen molar-refractivity contribution in [2.45, 2.75) is 57.8 Å². The Bertz CT molecular complexity index is 1340. The second-order valence-electron chi connectivity index (χ2n) is 10.5. The highest BCUT2D eigenvalue weighted by Crippen LogP contribution is 2.33. The van der Waals surface area contributed by atoms with Gasteiger partial charge in [-0.15, -0.1) is 0 Å². The molecule has 5 nitrogen and oxygen atoms in total. The zero-order valence-corrected chi connectivity index (χ0v) is 22.1. The van der Waals surface area contributed by atoms with Crippen molar-refractivity contribution in [2.24, 2.45) is 0 Å². The van der Waals surface area contributed by atoms with Gasteiger partial charge in [0.2, 0.25) is 0 Å². The van der Waals surface area contributed by atoms with E-state index in [0.717, 1.165) is 34.7 Å². The van der Waals surface area contributed by atoms with E-state index in [1.165, 1.54) is 6.07 Å². The Labute approximate surface area is 220 Å². The second kappa shape index (κ2) is 11.2. The van der Waals surface area contributed by atoms with Crippen LogP contribution >= 0.6 is 0 Å². The number of anilines is 2. The molecule has 9 heteroatoms. The van der Waals surface area contributed by atoms with Crippen molar-refractivity contribution in [3.05, 3.63) is 53.5 Å². The number of fused-ring (bicyclic) bond motifs is 1. The molecule has 0 spiro atoms. The van der Waals surface area contributed by atoms with E-state index in [2.05, 4.69) is 43.2 Å². The number of rotatable bonds is 6. The van der Waals surface area contributed by atoms with Crippen LogP contribution in [0.1, 0.15) is 44.9 Å². The maximum Gasteiger partial charge on any atom is 0.406 e. The fraction of sp³-hybridized carbons (Fsp3) is 0.448. The van der Waals surface area contributed by atoms with Gasteiger partial charge in [-0.1, -0.05) is 32.8 Å².